The largest absolute Gasteiger partial charge is 0.497 e. The van der Waals surface area contributed by atoms with Crippen LogP contribution >= 0.6 is 11.3 Å². The molecule has 0 bridgehead atoms. The Labute approximate surface area is 157 Å². The van der Waals surface area contributed by atoms with E-state index in [2.05, 4.69) is 15.5 Å². The standard InChI is InChI=1S/C19H14FN3O3S/c1-10-16(17(23-26-10)11-3-5-12(20)6-4-11)18(24)22-19-21-14-8-7-13(25-2)9-15(14)27-19/h3-9H,1-2H3,(H,21,22,24). The van der Waals surface area contributed by atoms with Crippen molar-refractivity contribution in [3.8, 4) is 17.0 Å². The van der Waals surface area contributed by atoms with E-state index in [0.717, 1.165) is 16.0 Å². The fraction of sp³-hybridized carbons (Fsp3) is 0.105. The molecular formula is C19H14FN3O3S. The summed E-state index contributed by atoms with van der Waals surface area (Å²) in [7, 11) is 1.59. The monoisotopic (exact) mass is 383 g/mol. The van der Waals surface area contributed by atoms with Crippen molar-refractivity contribution in [1.82, 2.24) is 10.1 Å². The number of carbonyl (C=O) groups is 1. The number of benzene rings is 2. The number of methoxy groups -OCH3 is 1. The Hall–Kier alpha value is -3.26. The third-order valence-corrected chi connectivity index (χ3v) is 4.96. The summed E-state index contributed by atoms with van der Waals surface area (Å²) >= 11 is 1.34. The van der Waals surface area contributed by atoms with Crippen molar-refractivity contribution in [1.29, 1.82) is 0 Å². The van der Waals surface area contributed by atoms with E-state index in [9.17, 15) is 9.18 Å². The first-order chi connectivity index (χ1) is 13.0. The summed E-state index contributed by atoms with van der Waals surface area (Å²) in [6.07, 6.45) is 0. The molecule has 27 heavy (non-hydrogen) atoms. The predicted molar refractivity (Wildman–Crippen MR) is 101 cm³/mol. The number of ether oxygens (including phenoxy) is 1. The molecular weight excluding hydrogens is 369 g/mol. The average molecular weight is 383 g/mol. The van der Waals surface area contributed by atoms with E-state index in [1.54, 1.807) is 26.2 Å². The number of nitrogens with zero attached hydrogens (tertiary/aromatic N) is 2. The number of aryl methyl sites for hydroxylation is 1. The number of nitrogens with one attached hydrogen (secondary N) is 1. The van der Waals surface area contributed by atoms with E-state index in [1.807, 2.05) is 18.2 Å². The number of fused-ring (bicyclic) bond motifs is 1. The predicted octanol–water partition coefficient (Wildman–Crippen LogP) is 4.66. The maximum atomic E-state index is 13.2. The SMILES string of the molecule is COc1ccc2nc(NC(=O)c3c(-c4ccc(F)cc4)noc3C)sc2c1. The summed E-state index contributed by atoms with van der Waals surface area (Å²) in [5.74, 6) is 0.334. The van der Waals surface area contributed by atoms with Gasteiger partial charge in [0.05, 0.1) is 17.3 Å². The molecule has 0 atom stereocenters. The van der Waals surface area contributed by atoms with Gasteiger partial charge in [0.15, 0.2) is 5.13 Å². The van der Waals surface area contributed by atoms with Crippen LogP contribution in [-0.2, 0) is 0 Å². The minimum absolute atomic E-state index is 0.290. The smallest absolute Gasteiger partial charge is 0.263 e. The molecule has 136 valence electrons. The molecule has 2 aromatic heterocycles. The van der Waals surface area contributed by atoms with Gasteiger partial charge >= 0.3 is 0 Å². The maximum Gasteiger partial charge on any atom is 0.263 e. The number of carbonyl (C=O) groups excluding carboxylic acids is 1. The second-order valence-corrected chi connectivity index (χ2v) is 6.81. The minimum atomic E-state index is -0.390. The lowest BCUT2D eigenvalue weighted by Crippen LogP contribution is -2.13. The summed E-state index contributed by atoms with van der Waals surface area (Å²) in [5, 5.41) is 7.19. The maximum absolute atomic E-state index is 13.2. The number of hydrogen-bond acceptors (Lipinski definition) is 6. The van der Waals surface area contributed by atoms with Gasteiger partial charge in [-0.15, -0.1) is 0 Å². The van der Waals surface area contributed by atoms with Crippen LogP contribution < -0.4 is 10.1 Å². The average Bonchev–Trinajstić information content (AvgIpc) is 3.24. The molecule has 0 spiro atoms. The fourth-order valence-electron chi connectivity index (χ4n) is 2.69. The highest BCUT2D eigenvalue weighted by Crippen LogP contribution is 2.31. The third-order valence-electron chi connectivity index (χ3n) is 4.02. The second kappa shape index (κ2) is 6.81. The molecule has 4 aromatic rings. The van der Waals surface area contributed by atoms with Gasteiger partial charge in [-0.2, -0.15) is 0 Å². The summed E-state index contributed by atoms with van der Waals surface area (Å²) in [6.45, 7) is 1.65. The van der Waals surface area contributed by atoms with Crippen LogP contribution in [0.15, 0.2) is 47.0 Å². The van der Waals surface area contributed by atoms with Gasteiger partial charge in [0.2, 0.25) is 0 Å². The quantitative estimate of drug-likeness (QED) is 0.555. The molecule has 4 rings (SSSR count). The third kappa shape index (κ3) is 3.26. The zero-order chi connectivity index (χ0) is 19.0. The first-order valence-electron chi connectivity index (χ1n) is 8.03. The first-order valence-corrected chi connectivity index (χ1v) is 8.85. The van der Waals surface area contributed by atoms with Gasteiger partial charge in [-0.1, -0.05) is 16.5 Å². The summed E-state index contributed by atoms with van der Waals surface area (Å²) in [4.78, 5) is 17.2. The Balaban J connectivity index is 1.65. The molecule has 0 aliphatic heterocycles. The van der Waals surface area contributed by atoms with Crippen molar-refractivity contribution >= 4 is 32.6 Å². The van der Waals surface area contributed by atoms with E-state index >= 15 is 0 Å². The van der Waals surface area contributed by atoms with Gasteiger partial charge < -0.3 is 9.26 Å². The molecule has 0 saturated heterocycles. The van der Waals surface area contributed by atoms with E-state index in [4.69, 9.17) is 9.26 Å². The molecule has 2 aromatic carbocycles. The molecule has 0 saturated carbocycles. The van der Waals surface area contributed by atoms with Gasteiger partial charge in [-0.3, -0.25) is 10.1 Å². The second-order valence-electron chi connectivity index (χ2n) is 5.78. The highest BCUT2D eigenvalue weighted by atomic mass is 32.1. The van der Waals surface area contributed by atoms with Crippen LogP contribution in [0.4, 0.5) is 9.52 Å². The van der Waals surface area contributed by atoms with Crippen molar-refractivity contribution in [2.75, 3.05) is 12.4 Å². The van der Waals surface area contributed by atoms with Crippen LogP contribution in [0.25, 0.3) is 21.5 Å². The van der Waals surface area contributed by atoms with Crippen LogP contribution in [0, 0.1) is 12.7 Å². The molecule has 2 heterocycles. The number of thiazole rings is 1. The number of amides is 1. The normalized spacial score (nSPS) is 10.9. The molecule has 0 unspecified atom stereocenters. The van der Waals surface area contributed by atoms with Gasteiger partial charge in [-0.25, -0.2) is 9.37 Å². The zero-order valence-electron chi connectivity index (χ0n) is 14.4. The molecule has 8 heteroatoms. The number of halogens is 1. The molecule has 0 radical (unpaired) electrons. The molecule has 0 fully saturated rings. The highest BCUT2D eigenvalue weighted by molar-refractivity contribution is 7.22. The summed E-state index contributed by atoms with van der Waals surface area (Å²) in [5.41, 5.74) is 2.00. The van der Waals surface area contributed by atoms with Crippen molar-refractivity contribution in [3.63, 3.8) is 0 Å². The Morgan fingerprint density at radius 3 is 2.74 bits per heavy atom. The molecule has 6 nitrogen and oxygen atoms in total. The zero-order valence-corrected chi connectivity index (χ0v) is 15.3. The number of anilines is 1. The molecule has 1 amide bonds. The molecule has 0 aliphatic rings. The van der Waals surface area contributed by atoms with Crippen LogP contribution in [0.2, 0.25) is 0 Å². The summed E-state index contributed by atoms with van der Waals surface area (Å²) in [6, 6.07) is 11.2. The van der Waals surface area contributed by atoms with Gasteiger partial charge in [0.25, 0.3) is 5.91 Å². The van der Waals surface area contributed by atoms with E-state index in [-0.39, 0.29) is 11.7 Å². The van der Waals surface area contributed by atoms with E-state index in [1.165, 1.54) is 23.5 Å². The lowest BCUT2D eigenvalue weighted by atomic mass is 10.1. The number of hydrogen-bond donors (Lipinski definition) is 1. The number of rotatable bonds is 4. The lowest BCUT2D eigenvalue weighted by molar-refractivity contribution is 0.102. The fourth-order valence-corrected chi connectivity index (χ4v) is 3.58. The highest BCUT2D eigenvalue weighted by Gasteiger charge is 2.22. The van der Waals surface area contributed by atoms with Gasteiger partial charge in [0.1, 0.15) is 28.6 Å². The first kappa shape index (κ1) is 17.2. The van der Waals surface area contributed by atoms with Crippen molar-refractivity contribution < 1.29 is 18.4 Å². The van der Waals surface area contributed by atoms with Gasteiger partial charge in [-0.05, 0) is 49.4 Å². The van der Waals surface area contributed by atoms with E-state index in [0.29, 0.717) is 27.7 Å². The van der Waals surface area contributed by atoms with Gasteiger partial charge in [0, 0.05) is 5.56 Å². The lowest BCUT2D eigenvalue weighted by Gasteiger charge is -2.03. The topological polar surface area (TPSA) is 77.2 Å². The number of aromatic nitrogens is 2. The summed E-state index contributed by atoms with van der Waals surface area (Å²) < 4.78 is 24.5. The Morgan fingerprint density at radius 1 is 1.22 bits per heavy atom. The van der Waals surface area contributed by atoms with Crippen LogP contribution in [0.3, 0.4) is 0 Å². The Morgan fingerprint density at radius 2 is 2.00 bits per heavy atom. The van der Waals surface area contributed by atoms with Crippen LogP contribution in [-0.4, -0.2) is 23.2 Å². The van der Waals surface area contributed by atoms with Crippen LogP contribution in [0.1, 0.15) is 16.1 Å². The van der Waals surface area contributed by atoms with Crippen molar-refractivity contribution in [2.24, 2.45) is 0 Å². The van der Waals surface area contributed by atoms with Crippen molar-refractivity contribution in [2.45, 2.75) is 6.92 Å². The van der Waals surface area contributed by atoms with E-state index < -0.39 is 0 Å². The van der Waals surface area contributed by atoms with Crippen molar-refractivity contribution in [3.05, 3.63) is 59.6 Å². The molecule has 1 N–H and O–H groups in total. The Kier molecular flexibility index (Phi) is 4.33. The Bertz CT molecular complexity index is 1140. The van der Waals surface area contributed by atoms with Crippen LogP contribution in [0.5, 0.6) is 5.75 Å². The molecule has 0 aliphatic carbocycles. The minimum Gasteiger partial charge on any atom is -0.497 e.